The Morgan fingerprint density at radius 2 is 1.39 bits per heavy atom. The first-order valence-electron chi connectivity index (χ1n) is 46.7. The normalized spacial score (nSPS) is 24.9. The van der Waals surface area contributed by atoms with E-state index in [2.05, 4.69) is 51.4 Å². The minimum atomic E-state index is -1.09. The Morgan fingerprint density at radius 3 is 2.14 bits per heavy atom. The van der Waals surface area contributed by atoms with Crippen molar-refractivity contribution >= 4 is 93.5 Å². The van der Waals surface area contributed by atoms with E-state index < -0.39 is 54.0 Å². The van der Waals surface area contributed by atoms with Crippen LogP contribution < -0.4 is 31.9 Å². The third kappa shape index (κ3) is 27.4. The zero-order valence-electron chi connectivity index (χ0n) is 76.9. The number of esters is 1. The highest BCUT2D eigenvalue weighted by Gasteiger charge is 2.43. The van der Waals surface area contributed by atoms with Gasteiger partial charge in [-0.3, -0.25) is 34.2 Å². The van der Waals surface area contributed by atoms with Gasteiger partial charge in [-0.15, -0.1) is 0 Å². The molecule has 9 atom stereocenters. The number of piperazine rings is 1. The number of anilines is 5. The van der Waals surface area contributed by atoms with Gasteiger partial charge in [-0.1, -0.05) is 75.4 Å². The lowest BCUT2D eigenvalue weighted by Crippen LogP contribution is -2.54. The molecule has 4 aromatic heterocycles. The van der Waals surface area contributed by atoms with Crippen molar-refractivity contribution in [3.8, 4) is 0 Å². The summed E-state index contributed by atoms with van der Waals surface area (Å²) in [4.78, 5) is 151. The molecule has 10 heterocycles. The molecule has 710 valence electrons. The molecule has 0 radical (unpaired) electrons. The number of piperidine rings is 1. The van der Waals surface area contributed by atoms with Gasteiger partial charge in [-0.25, -0.2) is 39.5 Å². The summed E-state index contributed by atoms with van der Waals surface area (Å²) in [7, 11) is 1.63. The Labute approximate surface area is 770 Å². The lowest BCUT2D eigenvalue weighted by molar-refractivity contribution is -0.167. The number of aliphatic hydroxyl groups is 1. The molecular formula is C97H129N17O18. The fourth-order valence-electron chi connectivity index (χ4n) is 18.1. The van der Waals surface area contributed by atoms with Crippen molar-refractivity contribution in [1.29, 1.82) is 5.41 Å². The number of oxazole rings is 1. The lowest BCUT2D eigenvalue weighted by atomic mass is 9.83. The molecule has 2 bridgehead atoms. The zero-order valence-corrected chi connectivity index (χ0v) is 76.9. The number of amides is 4. The van der Waals surface area contributed by atoms with Crippen LogP contribution in [0.3, 0.4) is 0 Å². The van der Waals surface area contributed by atoms with E-state index in [9.17, 15) is 43.5 Å². The van der Waals surface area contributed by atoms with Crippen LogP contribution in [0, 0.1) is 29.1 Å². The number of nitrogen functional groups attached to an aromatic ring is 2. The molecule has 2 unspecified atom stereocenters. The van der Waals surface area contributed by atoms with Crippen LogP contribution in [0.1, 0.15) is 193 Å². The summed E-state index contributed by atoms with van der Waals surface area (Å²) in [5, 5.41) is 26.5. The predicted molar refractivity (Wildman–Crippen MR) is 493 cm³/mol. The quantitative estimate of drug-likeness (QED) is 0.00874. The zero-order chi connectivity index (χ0) is 93.2. The number of methoxy groups -OCH3 is 1. The summed E-state index contributed by atoms with van der Waals surface area (Å²) < 4.78 is 52.8. The summed E-state index contributed by atoms with van der Waals surface area (Å²) in [6.07, 6.45) is 22.7. The number of ketones is 3. The van der Waals surface area contributed by atoms with Gasteiger partial charge in [0.2, 0.25) is 23.6 Å². The molecule has 4 fully saturated rings. The van der Waals surface area contributed by atoms with E-state index in [0.717, 1.165) is 40.8 Å². The Kier molecular flexibility index (Phi) is 36.0. The number of carbonyl (C=O) groups is 8. The monoisotopic (exact) mass is 1820 g/mol. The maximum atomic E-state index is 14.5. The average Bonchev–Trinajstić information content (AvgIpc) is 0.880. The SMILES string of the molecule is CO[C@H]1CC2CCCC(O2)C(=O)C(=O)N2CCCC[C@H]2C(=O)O[C@H](CC[C@H]2CC[C@H](OC(=O)N3CCc4nc(N5CCN(c6ncc(C(=O)NCCOCCOCCOCCOCCC(=O)N7CCc8cc(CNc9ncnc(N)c9C(=N)c9ccc%10oc(N)nc%10c9)ccc8C7)cn6)CC5)ncc4C3)CC2)CC(=O)[C@H](C)/C=C(\C)[C@@H](O)CC(=O)[C@H](C)C[C@H](C)/C=C/C=C/C=C/1C. The molecule has 8 N–H and O–H groups in total. The summed E-state index contributed by atoms with van der Waals surface area (Å²) in [5.41, 5.74) is 20.9. The van der Waals surface area contributed by atoms with Gasteiger partial charge in [0, 0.05) is 140 Å². The third-order valence-corrected chi connectivity index (χ3v) is 26.0. The first-order chi connectivity index (χ1) is 63.9. The number of nitrogens with zero attached hydrogens (tertiary/aromatic N) is 12. The highest BCUT2D eigenvalue weighted by Crippen LogP contribution is 2.36. The smallest absolute Gasteiger partial charge is 0.410 e. The number of hydrogen-bond donors (Lipinski definition) is 6. The second-order valence-corrected chi connectivity index (χ2v) is 35.7. The van der Waals surface area contributed by atoms with Crippen LogP contribution in [0.4, 0.5) is 34.3 Å². The molecule has 1 saturated carbocycles. The van der Waals surface area contributed by atoms with Crippen molar-refractivity contribution in [3.05, 3.63) is 154 Å². The molecule has 132 heavy (non-hydrogen) atoms. The number of rotatable bonds is 28. The molecule has 35 nitrogen and oxygen atoms in total. The first-order valence-corrected chi connectivity index (χ1v) is 46.7. The van der Waals surface area contributed by atoms with Crippen LogP contribution >= 0.6 is 0 Å². The van der Waals surface area contributed by atoms with Crippen molar-refractivity contribution in [2.24, 2.45) is 23.7 Å². The Hall–Kier alpha value is -11.3. The fourth-order valence-corrected chi connectivity index (χ4v) is 18.1. The molecule has 13 rings (SSSR count). The van der Waals surface area contributed by atoms with Gasteiger partial charge in [0.05, 0.1) is 107 Å². The van der Waals surface area contributed by atoms with E-state index in [0.29, 0.717) is 240 Å². The minimum absolute atomic E-state index is 0.0243. The number of cyclic esters (lactones) is 1. The highest BCUT2D eigenvalue weighted by molar-refractivity contribution is 6.38. The fraction of sp³-hybridized carbons (Fsp3) is 0.567. The number of aliphatic hydroxyl groups excluding tert-OH is 1. The second-order valence-electron chi connectivity index (χ2n) is 35.7. The van der Waals surface area contributed by atoms with Gasteiger partial charge < -0.3 is 94.0 Å². The van der Waals surface area contributed by atoms with Crippen LogP contribution in [0.15, 0.2) is 113 Å². The van der Waals surface area contributed by atoms with Gasteiger partial charge >= 0.3 is 12.1 Å². The maximum Gasteiger partial charge on any atom is 0.410 e. The minimum Gasteiger partial charge on any atom is -0.460 e. The second kappa shape index (κ2) is 48.4. The van der Waals surface area contributed by atoms with Crippen molar-refractivity contribution in [2.45, 2.75) is 219 Å². The highest BCUT2D eigenvalue weighted by atomic mass is 16.6. The molecule has 0 spiro atoms. The number of aromatic nitrogens is 7. The topological polar surface area (TPSA) is 450 Å². The standard InChI is InChI=1S/C97H129N17O18/c1-61-13-8-7-9-14-62(2)84(124-6)52-74-15-12-17-83(129-74)88(119)92(121)114-32-11-10-16-78(114)93(122)130-75(51-79(115)64(4)48-65(5)81(117)53-80(116)63(3)47-61)26-21-66-19-24-73(25-20-66)131-97(123)113-34-29-76-72(59-113)57-105-96(109-76)111-37-35-110(36-38-111)95-103-55-71(56-104-95)91(120)101-31-40-126-42-44-128-46-45-127-43-41-125-39-30-85(118)112-33-28-68-49-67(18-22-70(68)58-112)54-102-90-86(89(99)106-60-107-90)87(98)69-23-27-82-77(50-69)108-94(100)132-82/h7-9,13-14,18,22-23,27,48-50,55-57,60-61,63-64,66,73-75,78,81,83-84,98,117H,10-12,15-17,19-21,24-26,28-47,51-54,58-59H2,1-6H3,(H2,100,108)(H,101,120)(H3,99,102,106,107)/b9-7+,13-8+,62-14+,65-48+,98-87?/t61-,63-,64-,66-,73-,74?,75-,78+,81+,83?,84+/m1/s1. The Morgan fingerprint density at radius 1 is 0.667 bits per heavy atom. The average molecular weight is 1820 g/mol. The van der Waals surface area contributed by atoms with E-state index in [4.69, 9.17) is 69.2 Å². The largest absolute Gasteiger partial charge is 0.460 e. The summed E-state index contributed by atoms with van der Waals surface area (Å²) >= 11 is 0. The van der Waals surface area contributed by atoms with Gasteiger partial charge in [0.1, 0.15) is 59.4 Å². The molecule has 7 aliphatic rings. The number of fused-ring (bicyclic) bond motifs is 6. The number of Topliss-reactive ketones (excluding diaryl/α,β-unsaturated/α-hetero) is 3. The van der Waals surface area contributed by atoms with Crippen LogP contribution in [-0.2, 0) is 99.1 Å². The van der Waals surface area contributed by atoms with Crippen molar-refractivity contribution < 1.29 is 85.8 Å². The Balaban J connectivity index is 0.476. The van der Waals surface area contributed by atoms with Crippen molar-refractivity contribution in [2.75, 3.05) is 139 Å². The summed E-state index contributed by atoms with van der Waals surface area (Å²) in [5.74, 6) is -1.78. The number of allylic oxidation sites excluding steroid dienone is 6. The van der Waals surface area contributed by atoms with Crippen molar-refractivity contribution in [3.63, 3.8) is 0 Å². The molecule has 6 aromatic rings. The number of ether oxygens (including phenoxy) is 8. The molecular weight excluding hydrogens is 1690 g/mol. The van der Waals surface area contributed by atoms with Crippen LogP contribution in [0.25, 0.3) is 11.1 Å². The molecule has 2 aromatic carbocycles. The van der Waals surface area contributed by atoms with Gasteiger partial charge in [-0.05, 0) is 162 Å². The first kappa shape index (κ1) is 98.2. The van der Waals surface area contributed by atoms with Crippen LogP contribution in [0.5, 0.6) is 0 Å². The molecule has 35 heteroatoms. The summed E-state index contributed by atoms with van der Waals surface area (Å²) in [6, 6.07) is 10.4. The number of benzene rings is 2. The molecule has 6 aliphatic heterocycles. The predicted octanol–water partition coefficient (Wildman–Crippen LogP) is 10.1. The van der Waals surface area contributed by atoms with Gasteiger partial charge in [-0.2, -0.15) is 4.98 Å². The number of nitrogens with two attached hydrogens (primary N) is 2. The van der Waals surface area contributed by atoms with Crippen LogP contribution in [-0.4, -0.2) is 263 Å². The maximum absolute atomic E-state index is 14.5. The molecule has 3 saturated heterocycles. The van der Waals surface area contributed by atoms with E-state index in [1.807, 2.05) is 68.2 Å². The van der Waals surface area contributed by atoms with E-state index in [1.54, 1.807) is 56.3 Å². The lowest BCUT2D eigenvalue weighted by Gasteiger charge is -2.36. The van der Waals surface area contributed by atoms with Gasteiger partial charge in [0.25, 0.3) is 17.8 Å². The third-order valence-electron chi connectivity index (χ3n) is 26.0. The number of hydrogen-bond acceptors (Lipinski definition) is 31. The van der Waals surface area contributed by atoms with E-state index in [-0.39, 0.29) is 123 Å². The molecule has 4 amide bonds. The van der Waals surface area contributed by atoms with E-state index in [1.165, 1.54) is 29.2 Å². The number of nitrogens with one attached hydrogen (secondary N) is 3. The van der Waals surface area contributed by atoms with E-state index >= 15 is 0 Å². The molecule has 1 aliphatic carbocycles. The number of carbonyl (C=O) groups excluding carboxylic acids is 8. The Bertz CT molecular complexity index is 5100. The van der Waals surface area contributed by atoms with Gasteiger partial charge in [0.15, 0.2) is 5.58 Å². The summed E-state index contributed by atoms with van der Waals surface area (Å²) in [6.45, 7) is 17.2. The van der Waals surface area contributed by atoms with Crippen molar-refractivity contribution in [1.82, 2.24) is 54.9 Å². The van der Waals surface area contributed by atoms with Crippen LogP contribution in [0.2, 0.25) is 0 Å².